The van der Waals surface area contributed by atoms with E-state index in [1.807, 2.05) is 60.4 Å². The summed E-state index contributed by atoms with van der Waals surface area (Å²) < 4.78 is 11.4. The standard InChI is InChI=1S/C35H43N5O6/c1-23-9-3-16-31(24(23)2)45-20-8-17-32(41)40-19-7-13-28-27(12-5-15-30(28)40)26-11-4-10-25(21-26)22-46-35(44)38-18-6-14-29(33(42)43)39-34(36)37/h3-5,9-12,15-16,21,29H,6-8,13-14,17-20,22H2,1-2H3,(H,38,44)(H,42,43)(H4,36,37,39). The molecule has 0 aromatic heterocycles. The molecule has 0 bridgehead atoms. The van der Waals surface area contributed by atoms with Crippen LogP contribution in [0.5, 0.6) is 5.75 Å². The number of hydrogen-bond donors (Lipinski definition) is 4. The molecule has 4 rings (SSSR count). The second-order valence-electron chi connectivity index (χ2n) is 11.4. The third-order valence-electron chi connectivity index (χ3n) is 8.02. The summed E-state index contributed by atoms with van der Waals surface area (Å²) in [5, 5.41) is 11.8. The Morgan fingerprint density at radius 3 is 2.61 bits per heavy atom. The van der Waals surface area contributed by atoms with E-state index in [1.54, 1.807) is 0 Å². The average molecular weight is 630 g/mol. The Morgan fingerprint density at radius 1 is 1.04 bits per heavy atom. The van der Waals surface area contributed by atoms with Gasteiger partial charge >= 0.3 is 12.1 Å². The summed E-state index contributed by atoms with van der Waals surface area (Å²) in [5.74, 6) is -0.481. The predicted molar refractivity (Wildman–Crippen MR) is 178 cm³/mol. The maximum absolute atomic E-state index is 13.3. The number of rotatable bonds is 14. The third kappa shape index (κ3) is 9.23. The fourth-order valence-electron chi connectivity index (χ4n) is 5.51. The third-order valence-corrected chi connectivity index (χ3v) is 8.02. The molecular weight excluding hydrogens is 586 g/mol. The number of carbonyl (C=O) groups excluding carboxylic acids is 2. The number of alkyl carbamates (subject to hydrolysis) is 1. The van der Waals surface area contributed by atoms with Crippen LogP contribution in [0.3, 0.4) is 0 Å². The first kappa shape index (κ1) is 33.8. The first-order valence-electron chi connectivity index (χ1n) is 15.6. The van der Waals surface area contributed by atoms with Gasteiger partial charge in [0.25, 0.3) is 0 Å². The molecule has 1 aliphatic heterocycles. The Kier molecular flexibility index (Phi) is 12.0. The van der Waals surface area contributed by atoms with E-state index in [0.717, 1.165) is 52.1 Å². The van der Waals surface area contributed by atoms with E-state index < -0.39 is 18.1 Å². The Balaban J connectivity index is 1.31. The summed E-state index contributed by atoms with van der Waals surface area (Å²) in [4.78, 5) is 42.4. The largest absolute Gasteiger partial charge is 0.493 e. The van der Waals surface area contributed by atoms with Crippen molar-refractivity contribution in [3.8, 4) is 16.9 Å². The Morgan fingerprint density at radius 2 is 1.83 bits per heavy atom. The highest BCUT2D eigenvalue weighted by molar-refractivity contribution is 5.96. The van der Waals surface area contributed by atoms with Crippen LogP contribution in [-0.4, -0.2) is 54.8 Å². The molecule has 0 fully saturated rings. The minimum absolute atomic E-state index is 0.0647. The van der Waals surface area contributed by atoms with Crippen LogP contribution in [0.2, 0.25) is 0 Å². The van der Waals surface area contributed by atoms with Crippen LogP contribution in [-0.2, 0) is 27.4 Å². The van der Waals surface area contributed by atoms with Crippen molar-refractivity contribution in [2.75, 3.05) is 24.6 Å². The number of nitrogens with two attached hydrogens (primary N) is 2. The maximum Gasteiger partial charge on any atom is 0.407 e. The molecule has 2 amide bonds. The molecule has 0 aliphatic carbocycles. The van der Waals surface area contributed by atoms with Gasteiger partial charge < -0.3 is 36.3 Å². The Bertz CT molecular complexity index is 1570. The summed E-state index contributed by atoms with van der Waals surface area (Å²) in [7, 11) is 0. The van der Waals surface area contributed by atoms with Crippen molar-refractivity contribution >= 4 is 29.6 Å². The van der Waals surface area contributed by atoms with Crippen LogP contribution in [0.25, 0.3) is 11.1 Å². The first-order valence-corrected chi connectivity index (χ1v) is 15.6. The van der Waals surface area contributed by atoms with Gasteiger partial charge in [0.2, 0.25) is 5.91 Å². The molecule has 0 saturated heterocycles. The molecule has 1 aliphatic rings. The number of aliphatic imine (C=N–C) groups is 1. The van der Waals surface area contributed by atoms with Crippen LogP contribution >= 0.6 is 0 Å². The van der Waals surface area contributed by atoms with Crippen LogP contribution in [0.1, 0.15) is 54.4 Å². The Labute approximate surface area is 269 Å². The normalized spacial score (nSPS) is 12.9. The van der Waals surface area contributed by atoms with Crippen molar-refractivity contribution in [1.29, 1.82) is 0 Å². The predicted octanol–water partition coefficient (Wildman–Crippen LogP) is 4.84. The molecule has 3 aromatic rings. The highest BCUT2D eigenvalue weighted by atomic mass is 16.5. The van der Waals surface area contributed by atoms with Crippen LogP contribution in [0.4, 0.5) is 10.5 Å². The minimum atomic E-state index is -1.13. The Hall–Kier alpha value is -5.06. The first-order chi connectivity index (χ1) is 22.1. The van der Waals surface area contributed by atoms with Crippen LogP contribution < -0.4 is 26.4 Å². The fraction of sp³-hybridized carbons (Fsp3) is 0.371. The second kappa shape index (κ2) is 16.3. The smallest absolute Gasteiger partial charge is 0.407 e. The quantitative estimate of drug-likeness (QED) is 0.112. The molecule has 0 spiro atoms. The zero-order chi connectivity index (χ0) is 33.1. The lowest BCUT2D eigenvalue weighted by Crippen LogP contribution is -2.35. The van der Waals surface area contributed by atoms with Gasteiger partial charge in [-0.05, 0) is 97.5 Å². The van der Waals surface area contributed by atoms with Crippen LogP contribution in [0.15, 0.2) is 65.7 Å². The van der Waals surface area contributed by atoms with Crippen LogP contribution in [0, 0.1) is 13.8 Å². The lowest BCUT2D eigenvalue weighted by molar-refractivity contribution is -0.138. The van der Waals surface area contributed by atoms with Crippen molar-refractivity contribution in [1.82, 2.24) is 5.32 Å². The van der Waals surface area contributed by atoms with Crippen molar-refractivity contribution < 1.29 is 29.0 Å². The van der Waals surface area contributed by atoms with E-state index in [2.05, 4.69) is 29.4 Å². The molecule has 11 heteroatoms. The van der Waals surface area contributed by atoms with E-state index >= 15 is 0 Å². The van der Waals surface area contributed by atoms with Gasteiger partial charge in [-0.3, -0.25) is 4.79 Å². The molecule has 6 N–H and O–H groups in total. The molecule has 0 radical (unpaired) electrons. The minimum Gasteiger partial charge on any atom is -0.493 e. The van der Waals surface area contributed by atoms with Gasteiger partial charge in [-0.25, -0.2) is 14.6 Å². The monoisotopic (exact) mass is 629 g/mol. The number of carboxylic acids is 1. The highest BCUT2D eigenvalue weighted by Gasteiger charge is 2.24. The highest BCUT2D eigenvalue weighted by Crippen LogP contribution is 2.36. The number of hydrogen-bond acceptors (Lipinski definition) is 6. The summed E-state index contributed by atoms with van der Waals surface area (Å²) in [6.45, 7) is 5.54. The number of aryl methyl sites for hydroxylation is 1. The summed E-state index contributed by atoms with van der Waals surface area (Å²) in [6, 6.07) is 18.8. The van der Waals surface area contributed by atoms with Crippen molar-refractivity contribution in [2.45, 2.75) is 65.0 Å². The van der Waals surface area contributed by atoms with Crippen molar-refractivity contribution in [3.63, 3.8) is 0 Å². The SMILES string of the molecule is Cc1cccc(OCCCC(=O)N2CCCc3c(-c4cccc(COC(=O)NCCCC(N=C(N)N)C(=O)O)c4)cccc32)c1C. The molecule has 3 aromatic carbocycles. The number of guanidine groups is 1. The zero-order valence-electron chi connectivity index (χ0n) is 26.5. The van der Waals surface area contributed by atoms with E-state index in [1.165, 1.54) is 5.56 Å². The fourth-order valence-corrected chi connectivity index (χ4v) is 5.51. The zero-order valence-corrected chi connectivity index (χ0v) is 26.5. The summed E-state index contributed by atoms with van der Waals surface area (Å²) in [6.07, 6.45) is 2.69. The van der Waals surface area contributed by atoms with Gasteiger partial charge in [0.05, 0.1) is 6.61 Å². The number of aliphatic carboxylic acids is 1. The number of fused-ring (bicyclic) bond motifs is 1. The number of nitrogens with zero attached hydrogens (tertiary/aromatic N) is 2. The molecule has 1 unspecified atom stereocenters. The van der Waals surface area contributed by atoms with Crippen molar-refractivity contribution in [3.05, 3.63) is 82.9 Å². The van der Waals surface area contributed by atoms with E-state index in [9.17, 15) is 19.5 Å². The number of anilines is 1. The second-order valence-corrected chi connectivity index (χ2v) is 11.4. The number of ether oxygens (including phenoxy) is 2. The van der Waals surface area contributed by atoms with E-state index in [-0.39, 0.29) is 31.4 Å². The summed E-state index contributed by atoms with van der Waals surface area (Å²) >= 11 is 0. The number of nitrogens with one attached hydrogen (secondary N) is 1. The maximum atomic E-state index is 13.3. The average Bonchev–Trinajstić information content (AvgIpc) is 3.04. The summed E-state index contributed by atoms with van der Waals surface area (Å²) in [5.41, 5.74) is 17.8. The van der Waals surface area contributed by atoms with Gasteiger partial charge in [-0.1, -0.05) is 42.5 Å². The van der Waals surface area contributed by atoms with Gasteiger partial charge in [0.15, 0.2) is 12.0 Å². The van der Waals surface area contributed by atoms with Gasteiger partial charge in [0, 0.05) is 25.2 Å². The number of benzene rings is 3. The molecule has 1 heterocycles. The molecule has 46 heavy (non-hydrogen) atoms. The topological polar surface area (TPSA) is 170 Å². The van der Waals surface area contributed by atoms with E-state index in [4.69, 9.17) is 20.9 Å². The molecule has 1 atom stereocenters. The molecule has 0 saturated carbocycles. The van der Waals surface area contributed by atoms with E-state index in [0.29, 0.717) is 32.4 Å². The number of amides is 2. The molecule has 11 nitrogen and oxygen atoms in total. The van der Waals surface area contributed by atoms with Gasteiger partial charge in [-0.15, -0.1) is 0 Å². The van der Waals surface area contributed by atoms with Gasteiger partial charge in [-0.2, -0.15) is 0 Å². The van der Waals surface area contributed by atoms with Gasteiger partial charge in [0.1, 0.15) is 12.4 Å². The van der Waals surface area contributed by atoms with Crippen molar-refractivity contribution in [2.24, 2.45) is 16.5 Å². The number of carboxylic acid groups (broad SMARTS) is 1. The lowest BCUT2D eigenvalue weighted by Gasteiger charge is -2.31. The lowest BCUT2D eigenvalue weighted by atomic mass is 9.91. The number of carbonyl (C=O) groups is 3. The molecular formula is C35H43N5O6. The molecule has 244 valence electrons.